The molecule has 2 heterocycles. The summed E-state index contributed by atoms with van der Waals surface area (Å²) in [6.07, 6.45) is 1.26. The number of thiazole rings is 1. The van der Waals surface area contributed by atoms with Crippen LogP contribution in [0.3, 0.4) is 0 Å². The van der Waals surface area contributed by atoms with Gasteiger partial charge in [-0.25, -0.2) is 9.37 Å². The third-order valence-corrected chi connectivity index (χ3v) is 3.79. The number of carbonyl (C=O) groups is 1. The predicted molar refractivity (Wildman–Crippen MR) is 80.4 cm³/mol. The Morgan fingerprint density at radius 1 is 1.39 bits per heavy atom. The van der Waals surface area contributed by atoms with Gasteiger partial charge in [-0.15, -0.1) is 21.5 Å². The number of hydrogen-bond acceptors (Lipinski definition) is 7. The van der Waals surface area contributed by atoms with Crippen molar-refractivity contribution >= 4 is 22.9 Å². The number of aliphatic hydroxyl groups excluding tert-OH is 1. The van der Waals surface area contributed by atoms with Crippen molar-refractivity contribution in [2.75, 3.05) is 0 Å². The fraction of sp³-hybridized carbons (Fsp3) is 0.0714. The van der Waals surface area contributed by atoms with E-state index in [1.54, 1.807) is 23.6 Å². The van der Waals surface area contributed by atoms with Crippen LogP contribution in [0.25, 0.3) is 5.76 Å². The van der Waals surface area contributed by atoms with Gasteiger partial charge in [-0.2, -0.15) is 5.21 Å². The van der Waals surface area contributed by atoms with Gasteiger partial charge >= 0.3 is 0 Å². The lowest BCUT2D eigenvalue weighted by molar-refractivity contribution is 0.104. The van der Waals surface area contributed by atoms with Gasteiger partial charge in [-0.1, -0.05) is 18.2 Å². The summed E-state index contributed by atoms with van der Waals surface area (Å²) in [6.45, 7) is 0. The molecule has 0 fully saturated rings. The Hall–Kier alpha value is -2.94. The lowest BCUT2D eigenvalue weighted by Crippen LogP contribution is -1.99. The number of tetrazole rings is 1. The number of aromatic nitrogens is 5. The highest BCUT2D eigenvalue weighted by atomic mass is 32.1. The van der Waals surface area contributed by atoms with E-state index in [0.29, 0.717) is 17.0 Å². The smallest absolute Gasteiger partial charge is 0.239 e. The zero-order valence-corrected chi connectivity index (χ0v) is 12.4. The Labute approximate surface area is 133 Å². The van der Waals surface area contributed by atoms with E-state index < -0.39 is 11.5 Å². The molecule has 23 heavy (non-hydrogen) atoms. The van der Waals surface area contributed by atoms with Crippen LogP contribution in [0.5, 0.6) is 0 Å². The number of aromatic amines is 1. The number of rotatable bonds is 5. The van der Waals surface area contributed by atoms with Crippen LogP contribution < -0.4 is 0 Å². The van der Waals surface area contributed by atoms with Crippen molar-refractivity contribution in [2.45, 2.75) is 6.42 Å². The maximum absolute atomic E-state index is 13.6. The molecule has 0 amide bonds. The molecule has 0 aliphatic rings. The summed E-state index contributed by atoms with van der Waals surface area (Å²) in [5.41, 5.74) is 0.669. The third-order valence-electron chi connectivity index (χ3n) is 2.95. The van der Waals surface area contributed by atoms with Gasteiger partial charge in [0.2, 0.25) is 11.6 Å². The molecule has 9 heteroatoms. The fourth-order valence-electron chi connectivity index (χ4n) is 1.84. The molecule has 0 aliphatic heterocycles. The molecule has 1 aromatic carbocycles. The Kier molecular flexibility index (Phi) is 4.20. The third kappa shape index (κ3) is 3.46. The normalized spacial score (nSPS) is 11.6. The molecule has 2 aromatic heterocycles. The van der Waals surface area contributed by atoms with Crippen LogP contribution in [-0.4, -0.2) is 36.5 Å². The van der Waals surface area contributed by atoms with E-state index in [1.807, 2.05) is 0 Å². The van der Waals surface area contributed by atoms with E-state index in [4.69, 9.17) is 0 Å². The molecule has 0 aliphatic carbocycles. The SMILES string of the molecule is O=C(C=C(O)c1nn[nH]n1)c1csc(Cc2ccccc2F)n1. The lowest BCUT2D eigenvalue weighted by atomic mass is 10.1. The summed E-state index contributed by atoms with van der Waals surface area (Å²) < 4.78 is 13.6. The predicted octanol–water partition coefficient (Wildman–Crippen LogP) is 2.17. The summed E-state index contributed by atoms with van der Waals surface area (Å²) in [4.78, 5) is 16.2. The van der Waals surface area contributed by atoms with Crippen LogP contribution in [0.15, 0.2) is 35.7 Å². The number of ketones is 1. The van der Waals surface area contributed by atoms with Gasteiger partial charge in [0.1, 0.15) is 11.5 Å². The van der Waals surface area contributed by atoms with Crippen LogP contribution in [0.1, 0.15) is 26.9 Å². The van der Waals surface area contributed by atoms with Crippen LogP contribution in [0.4, 0.5) is 4.39 Å². The van der Waals surface area contributed by atoms with Gasteiger partial charge in [0.05, 0.1) is 5.01 Å². The minimum atomic E-state index is -0.497. The molecule has 0 spiro atoms. The average molecular weight is 331 g/mol. The molecular formula is C14H10FN5O2S. The van der Waals surface area contributed by atoms with Crippen molar-refractivity contribution < 1.29 is 14.3 Å². The first-order chi connectivity index (χ1) is 11.1. The number of nitrogens with one attached hydrogen (secondary N) is 1. The van der Waals surface area contributed by atoms with Crippen molar-refractivity contribution in [1.29, 1.82) is 0 Å². The molecule has 0 unspecified atom stereocenters. The number of allylic oxidation sites excluding steroid dienone is 1. The van der Waals surface area contributed by atoms with Crippen molar-refractivity contribution in [2.24, 2.45) is 0 Å². The van der Waals surface area contributed by atoms with Gasteiger partial charge in [0.15, 0.2) is 5.76 Å². The second-order valence-corrected chi connectivity index (χ2v) is 5.47. The first kappa shape index (κ1) is 15.0. The van der Waals surface area contributed by atoms with E-state index in [2.05, 4.69) is 25.6 Å². The number of aliphatic hydroxyl groups is 1. The molecule has 0 bridgehead atoms. The van der Waals surface area contributed by atoms with Crippen LogP contribution >= 0.6 is 11.3 Å². The number of halogens is 1. The van der Waals surface area contributed by atoms with E-state index in [0.717, 1.165) is 6.08 Å². The summed E-state index contributed by atoms with van der Waals surface area (Å²) in [5, 5.41) is 24.4. The molecule has 2 N–H and O–H groups in total. The molecule has 3 rings (SSSR count). The molecule has 0 radical (unpaired) electrons. The molecule has 0 saturated carbocycles. The molecule has 0 atom stereocenters. The molecule has 0 saturated heterocycles. The highest BCUT2D eigenvalue weighted by molar-refractivity contribution is 7.09. The van der Waals surface area contributed by atoms with E-state index >= 15 is 0 Å². The van der Waals surface area contributed by atoms with Crippen molar-refractivity contribution in [3.8, 4) is 0 Å². The van der Waals surface area contributed by atoms with Crippen LogP contribution in [-0.2, 0) is 6.42 Å². The summed E-state index contributed by atoms with van der Waals surface area (Å²) >= 11 is 1.25. The number of nitrogens with zero attached hydrogens (tertiary/aromatic N) is 4. The highest BCUT2D eigenvalue weighted by Crippen LogP contribution is 2.18. The van der Waals surface area contributed by atoms with E-state index in [-0.39, 0.29) is 17.3 Å². The Bertz CT molecular complexity index is 860. The van der Waals surface area contributed by atoms with Gasteiger partial charge < -0.3 is 5.11 Å². The zero-order chi connectivity index (χ0) is 16.2. The second kappa shape index (κ2) is 6.44. The first-order valence-electron chi connectivity index (χ1n) is 6.50. The summed E-state index contributed by atoms with van der Waals surface area (Å²) in [7, 11) is 0. The van der Waals surface area contributed by atoms with Crippen LogP contribution in [0, 0.1) is 5.82 Å². The largest absolute Gasteiger partial charge is 0.504 e. The topological polar surface area (TPSA) is 105 Å². The van der Waals surface area contributed by atoms with Gasteiger partial charge in [0, 0.05) is 17.9 Å². The number of carbonyl (C=O) groups excluding carboxylic acids is 1. The maximum Gasteiger partial charge on any atom is 0.239 e. The minimum absolute atomic E-state index is 0.0832. The number of benzene rings is 1. The van der Waals surface area contributed by atoms with Crippen LogP contribution in [0.2, 0.25) is 0 Å². The van der Waals surface area contributed by atoms with Gasteiger partial charge in [-0.3, -0.25) is 4.79 Å². The van der Waals surface area contributed by atoms with Crippen molar-refractivity contribution in [3.63, 3.8) is 0 Å². The monoisotopic (exact) mass is 331 g/mol. The fourth-order valence-corrected chi connectivity index (χ4v) is 2.65. The molecule has 3 aromatic rings. The van der Waals surface area contributed by atoms with Gasteiger partial charge in [-0.05, 0) is 16.8 Å². The Morgan fingerprint density at radius 2 is 2.22 bits per heavy atom. The van der Waals surface area contributed by atoms with Crippen molar-refractivity contribution in [3.05, 3.63) is 63.6 Å². The maximum atomic E-state index is 13.6. The lowest BCUT2D eigenvalue weighted by Gasteiger charge is -1.99. The molecule has 116 valence electrons. The Morgan fingerprint density at radius 3 is 2.96 bits per heavy atom. The standard InChI is InChI=1S/C14H10FN5O2S/c15-9-4-2-1-3-8(9)5-13-16-10(7-23-13)11(21)6-12(22)14-17-19-20-18-14/h1-4,6-7,22H,5H2,(H,17,18,19,20). The molecule has 7 nitrogen and oxygen atoms in total. The highest BCUT2D eigenvalue weighted by Gasteiger charge is 2.13. The number of hydrogen-bond donors (Lipinski definition) is 2. The summed E-state index contributed by atoms with van der Waals surface area (Å²) in [6, 6.07) is 6.39. The van der Waals surface area contributed by atoms with Crippen molar-refractivity contribution in [1.82, 2.24) is 25.6 Å². The molecular weight excluding hydrogens is 321 g/mol. The van der Waals surface area contributed by atoms with E-state index in [1.165, 1.54) is 17.4 Å². The Balaban J connectivity index is 1.75. The summed E-state index contributed by atoms with van der Waals surface area (Å²) in [5.74, 6) is -1.30. The average Bonchev–Trinajstić information content (AvgIpc) is 3.21. The van der Waals surface area contributed by atoms with E-state index in [9.17, 15) is 14.3 Å². The second-order valence-electron chi connectivity index (χ2n) is 4.52. The quantitative estimate of drug-likeness (QED) is 0.422. The number of H-pyrrole nitrogens is 1. The zero-order valence-electron chi connectivity index (χ0n) is 11.6. The van der Waals surface area contributed by atoms with Gasteiger partial charge in [0.25, 0.3) is 0 Å². The minimum Gasteiger partial charge on any atom is -0.504 e. The first-order valence-corrected chi connectivity index (χ1v) is 7.38.